The van der Waals surface area contributed by atoms with Gasteiger partial charge in [0.05, 0.1) is 21.6 Å². The van der Waals surface area contributed by atoms with Crippen LogP contribution in [0, 0.1) is 21.8 Å². The number of halogens is 2. The molecule has 0 radical (unpaired) electrons. The second-order valence-corrected chi connectivity index (χ2v) is 12.1. The number of nitro groups is 1. The molecule has 1 fully saturated rings. The van der Waals surface area contributed by atoms with E-state index in [1.165, 1.54) is 53.1 Å². The fourth-order valence-corrected chi connectivity index (χ4v) is 8.04. The van der Waals surface area contributed by atoms with Crippen molar-refractivity contribution in [1.29, 1.82) is 0 Å². The maximum absolute atomic E-state index is 13.9. The SMILES string of the molecule is O=C(Cn1c2c(sc1=O)[C@H](c1ccc(Cl)cc1)C1C(=O)N(c3ccc([N+](=O)[O-])cc3)C(=O)C1S2)Nc1ccc(F)cc1. The van der Waals surface area contributed by atoms with Crippen molar-refractivity contribution in [3.8, 4) is 0 Å². The van der Waals surface area contributed by atoms with Gasteiger partial charge in [-0.05, 0) is 54.1 Å². The van der Waals surface area contributed by atoms with Gasteiger partial charge in [0.1, 0.15) is 17.6 Å². The number of hydrogen-bond acceptors (Lipinski definition) is 8. The summed E-state index contributed by atoms with van der Waals surface area (Å²) >= 11 is 8.05. The van der Waals surface area contributed by atoms with Crippen molar-refractivity contribution >= 4 is 69.5 Å². The van der Waals surface area contributed by atoms with Gasteiger partial charge in [0.25, 0.3) is 5.69 Å². The molecule has 14 heteroatoms. The van der Waals surface area contributed by atoms with Crippen molar-refractivity contribution in [3.63, 3.8) is 0 Å². The molecule has 1 N–H and O–H groups in total. The van der Waals surface area contributed by atoms with E-state index in [4.69, 9.17) is 11.6 Å². The third-order valence-corrected chi connectivity index (χ3v) is 9.88. The Morgan fingerprint density at radius 1 is 0.976 bits per heavy atom. The van der Waals surface area contributed by atoms with E-state index >= 15 is 0 Å². The van der Waals surface area contributed by atoms with Crippen molar-refractivity contribution in [2.45, 2.75) is 22.7 Å². The fourth-order valence-electron chi connectivity index (χ4n) is 5.14. The average molecular weight is 625 g/mol. The fraction of sp³-hybridized carbons (Fsp3) is 0.143. The average Bonchev–Trinajstić information content (AvgIpc) is 3.41. The van der Waals surface area contributed by atoms with Gasteiger partial charge >= 0.3 is 4.87 Å². The van der Waals surface area contributed by atoms with Crippen LogP contribution in [0.3, 0.4) is 0 Å². The van der Waals surface area contributed by atoms with Crippen molar-refractivity contribution in [2.75, 3.05) is 10.2 Å². The largest absolute Gasteiger partial charge is 0.325 e. The molecule has 1 aromatic heterocycles. The van der Waals surface area contributed by atoms with Crippen LogP contribution in [0.4, 0.5) is 21.5 Å². The highest BCUT2D eigenvalue weighted by atomic mass is 35.5. The van der Waals surface area contributed by atoms with E-state index in [2.05, 4.69) is 5.32 Å². The Hall–Kier alpha value is -4.33. The van der Waals surface area contributed by atoms with E-state index in [0.29, 0.717) is 26.2 Å². The minimum absolute atomic E-state index is 0.186. The summed E-state index contributed by atoms with van der Waals surface area (Å²) in [4.78, 5) is 65.4. The van der Waals surface area contributed by atoms with Crippen molar-refractivity contribution in [3.05, 3.63) is 114 Å². The summed E-state index contributed by atoms with van der Waals surface area (Å²) in [6.07, 6.45) is 0. The first kappa shape index (κ1) is 27.8. The molecule has 212 valence electrons. The monoisotopic (exact) mass is 624 g/mol. The Labute approximate surface area is 249 Å². The zero-order chi connectivity index (χ0) is 29.7. The maximum atomic E-state index is 13.9. The lowest BCUT2D eigenvalue weighted by atomic mass is 9.83. The zero-order valence-corrected chi connectivity index (χ0v) is 23.6. The summed E-state index contributed by atoms with van der Waals surface area (Å²) in [5.74, 6) is -3.61. The van der Waals surface area contributed by atoms with Crippen LogP contribution >= 0.6 is 34.7 Å². The summed E-state index contributed by atoms with van der Waals surface area (Å²) in [5.41, 5.74) is 1.01. The molecule has 0 saturated carbocycles. The number of hydrogen-bond donors (Lipinski definition) is 1. The number of amides is 3. The molecule has 10 nitrogen and oxygen atoms in total. The van der Waals surface area contributed by atoms with Gasteiger partial charge in [-0.1, -0.05) is 46.8 Å². The topological polar surface area (TPSA) is 132 Å². The number of thiazole rings is 1. The minimum atomic E-state index is -0.929. The summed E-state index contributed by atoms with van der Waals surface area (Å²) in [5, 5.41) is 13.7. The third kappa shape index (κ3) is 4.89. The Morgan fingerprint density at radius 3 is 2.29 bits per heavy atom. The number of nitrogens with zero attached hydrogens (tertiary/aromatic N) is 3. The summed E-state index contributed by atoms with van der Waals surface area (Å²) < 4.78 is 14.5. The van der Waals surface area contributed by atoms with E-state index in [0.717, 1.165) is 28.0 Å². The first-order chi connectivity index (χ1) is 20.1. The van der Waals surface area contributed by atoms with Crippen LogP contribution in [0.2, 0.25) is 5.02 Å². The number of nitrogens with one attached hydrogen (secondary N) is 1. The molecule has 0 bridgehead atoms. The highest BCUT2D eigenvalue weighted by molar-refractivity contribution is 8.00. The summed E-state index contributed by atoms with van der Waals surface area (Å²) in [6, 6.07) is 17.1. The molecule has 2 unspecified atom stereocenters. The molecule has 2 aliphatic rings. The van der Waals surface area contributed by atoms with Crippen LogP contribution in [0.25, 0.3) is 0 Å². The van der Waals surface area contributed by atoms with Crippen LogP contribution in [-0.2, 0) is 20.9 Å². The van der Waals surface area contributed by atoms with E-state index < -0.39 is 50.4 Å². The first-order valence-corrected chi connectivity index (χ1v) is 14.5. The van der Waals surface area contributed by atoms with Gasteiger partial charge in [-0.2, -0.15) is 0 Å². The molecule has 1 saturated heterocycles. The number of fused-ring (bicyclic) bond motifs is 2. The maximum Gasteiger partial charge on any atom is 0.308 e. The zero-order valence-electron chi connectivity index (χ0n) is 21.2. The smallest absolute Gasteiger partial charge is 0.308 e. The van der Waals surface area contributed by atoms with Gasteiger partial charge in [0, 0.05) is 33.6 Å². The van der Waals surface area contributed by atoms with Crippen LogP contribution in [-0.4, -0.2) is 32.5 Å². The molecular formula is C28H18ClFN4O6S2. The summed E-state index contributed by atoms with van der Waals surface area (Å²) in [6.45, 7) is -0.367. The summed E-state index contributed by atoms with van der Waals surface area (Å²) in [7, 11) is 0. The molecular weight excluding hydrogens is 607 g/mol. The molecule has 0 spiro atoms. The molecule has 3 amide bonds. The number of carbonyl (C=O) groups excluding carboxylic acids is 3. The standard InChI is InChI=1S/C28H18ClFN4O6S2/c29-15-3-1-14(2-4-15)21-22-23(26(37)33(25(22)36)18-9-11-19(12-10-18)34(39)40)41-27-24(21)42-28(38)32(27)13-20(35)31-17-7-5-16(30)6-8-17/h1-12,21-23H,13H2,(H,31,35)/t21-,22?,23?/m1/s1. The molecule has 42 heavy (non-hydrogen) atoms. The Bertz CT molecular complexity index is 1810. The van der Waals surface area contributed by atoms with Gasteiger partial charge in [-0.25, -0.2) is 9.29 Å². The van der Waals surface area contributed by atoms with Crippen LogP contribution in [0.15, 0.2) is 82.6 Å². The number of imide groups is 1. The number of rotatable bonds is 6. The second-order valence-electron chi connectivity index (χ2n) is 9.56. The van der Waals surface area contributed by atoms with E-state index in [1.54, 1.807) is 24.3 Å². The van der Waals surface area contributed by atoms with Crippen LogP contribution in [0.5, 0.6) is 0 Å². The predicted octanol–water partition coefficient (Wildman–Crippen LogP) is 5.05. The lowest BCUT2D eigenvalue weighted by Crippen LogP contribution is -2.33. The molecule has 3 atom stereocenters. The highest BCUT2D eigenvalue weighted by Crippen LogP contribution is 2.54. The van der Waals surface area contributed by atoms with E-state index in [-0.39, 0.29) is 17.9 Å². The highest BCUT2D eigenvalue weighted by Gasteiger charge is 2.56. The van der Waals surface area contributed by atoms with E-state index in [9.17, 15) is 33.7 Å². The Balaban J connectivity index is 1.39. The van der Waals surface area contributed by atoms with Gasteiger partial charge in [0.15, 0.2) is 0 Å². The Kier molecular flexibility index (Phi) is 7.17. The molecule has 0 aliphatic carbocycles. The number of aromatic nitrogens is 1. The quantitative estimate of drug-likeness (QED) is 0.180. The van der Waals surface area contributed by atoms with E-state index in [1.807, 2.05) is 0 Å². The van der Waals surface area contributed by atoms with Gasteiger partial charge < -0.3 is 5.32 Å². The number of benzene rings is 3. The number of carbonyl (C=O) groups is 3. The second kappa shape index (κ2) is 10.8. The van der Waals surface area contributed by atoms with Crippen molar-refractivity contribution < 1.29 is 23.7 Å². The number of anilines is 2. The molecule has 2 aliphatic heterocycles. The van der Waals surface area contributed by atoms with Crippen LogP contribution in [0.1, 0.15) is 16.4 Å². The predicted molar refractivity (Wildman–Crippen MR) is 156 cm³/mol. The molecule has 6 rings (SSSR count). The normalized spacial score (nSPS) is 19.4. The molecule has 4 aromatic rings. The number of non-ortho nitro benzene ring substituents is 1. The Morgan fingerprint density at radius 2 is 1.64 bits per heavy atom. The molecule has 3 heterocycles. The minimum Gasteiger partial charge on any atom is -0.325 e. The van der Waals surface area contributed by atoms with Gasteiger partial charge in [-0.15, -0.1) is 0 Å². The van der Waals surface area contributed by atoms with Gasteiger partial charge in [-0.3, -0.25) is 33.9 Å². The molecule has 3 aromatic carbocycles. The van der Waals surface area contributed by atoms with Crippen molar-refractivity contribution in [1.82, 2.24) is 4.57 Å². The van der Waals surface area contributed by atoms with Crippen molar-refractivity contribution in [2.24, 2.45) is 5.92 Å². The lowest BCUT2D eigenvalue weighted by molar-refractivity contribution is -0.384. The third-order valence-electron chi connectivity index (χ3n) is 7.03. The number of nitro benzene ring substituents is 1. The van der Waals surface area contributed by atoms with Gasteiger partial charge in [0.2, 0.25) is 17.7 Å². The number of thioether (sulfide) groups is 1. The van der Waals surface area contributed by atoms with Crippen LogP contribution < -0.4 is 15.1 Å². The first-order valence-electron chi connectivity index (χ1n) is 12.5. The lowest BCUT2D eigenvalue weighted by Gasteiger charge is -2.30.